The Labute approximate surface area is 144 Å². The fourth-order valence-corrected chi connectivity index (χ4v) is 4.12. The van der Waals surface area contributed by atoms with Crippen molar-refractivity contribution in [2.24, 2.45) is 0 Å². The van der Waals surface area contributed by atoms with Gasteiger partial charge in [0.05, 0.1) is 6.54 Å². The largest absolute Gasteiger partial charge is 0.369 e. The maximum absolute atomic E-state index is 6.44. The van der Waals surface area contributed by atoms with Crippen LogP contribution in [0.1, 0.15) is 30.3 Å². The van der Waals surface area contributed by atoms with Gasteiger partial charge >= 0.3 is 0 Å². The van der Waals surface area contributed by atoms with Gasteiger partial charge in [0.2, 0.25) is 0 Å². The molecule has 2 aromatic rings. The molecule has 2 nitrogen and oxygen atoms in total. The van der Waals surface area contributed by atoms with E-state index in [9.17, 15) is 0 Å². The smallest absolute Gasteiger partial charge is 0.0519 e. The van der Waals surface area contributed by atoms with Gasteiger partial charge in [-0.25, -0.2) is 0 Å². The van der Waals surface area contributed by atoms with E-state index in [1.165, 1.54) is 4.88 Å². The van der Waals surface area contributed by atoms with Crippen LogP contribution in [0.5, 0.6) is 0 Å². The van der Waals surface area contributed by atoms with Crippen LogP contribution in [-0.4, -0.2) is 13.6 Å². The molecule has 21 heavy (non-hydrogen) atoms. The van der Waals surface area contributed by atoms with Crippen LogP contribution in [0, 0.1) is 0 Å². The van der Waals surface area contributed by atoms with E-state index in [2.05, 4.69) is 70.6 Å². The van der Waals surface area contributed by atoms with Gasteiger partial charge < -0.3 is 10.2 Å². The Balaban J connectivity index is 2.11. The van der Waals surface area contributed by atoms with Gasteiger partial charge in [-0.15, -0.1) is 11.3 Å². The molecule has 0 aliphatic heterocycles. The molecule has 0 saturated heterocycles. The Morgan fingerprint density at radius 1 is 1.38 bits per heavy atom. The van der Waals surface area contributed by atoms with E-state index in [-0.39, 0.29) is 6.04 Å². The highest BCUT2D eigenvalue weighted by molar-refractivity contribution is 9.10. The molecule has 1 heterocycles. The summed E-state index contributed by atoms with van der Waals surface area (Å²) in [4.78, 5) is 3.54. The monoisotopic (exact) mass is 386 g/mol. The van der Waals surface area contributed by atoms with Crippen molar-refractivity contribution in [2.45, 2.75) is 26.4 Å². The molecule has 0 aliphatic carbocycles. The number of rotatable bonds is 6. The van der Waals surface area contributed by atoms with Gasteiger partial charge in [-0.3, -0.25) is 0 Å². The maximum atomic E-state index is 6.44. The standard InChI is InChI=1S/C16H20BrClN2S/c1-4-19-11(2)15-6-5-13(8-16(15)18)20(3)9-14-7-12(17)10-21-14/h5-8,10-11,19H,4,9H2,1-3H3. The van der Waals surface area contributed by atoms with Gasteiger partial charge in [-0.1, -0.05) is 24.6 Å². The van der Waals surface area contributed by atoms with Gasteiger partial charge in [0.1, 0.15) is 0 Å². The molecule has 1 atom stereocenters. The van der Waals surface area contributed by atoms with Crippen LogP contribution < -0.4 is 10.2 Å². The molecule has 0 amide bonds. The Hall–Kier alpha value is -0.550. The number of nitrogens with one attached hydrogen (secondary N) is 1. The molecule has 1 unspecified atom stereocenters. The Bertz CT molecular complexity index is 600. The summed E-state index contributed by atoms with van der Waals surface area (Å²) >= 11 is 11.7. The van der Waals surface area contributed by atoms with Crippen molar-refractivity contribution in [1.29, 1.82) is 0 Å². The lowest BCUT2D eigenvalue weighted by Gasteiger charge is -2.21. The van der Waals surface area contributed by atoms with Crippen molar-refractivity contribution in [3.8, 4) is 0 Å². The number of hydrogen-bond acceptors (Lipinski definition) is 3. The third kappa shape index (κ3) is 4.46. The predicted octanol–water partition coefficient (Wildman–Crippen LogP) is 5.47. The van der Waals surface area contributed by atoms with Crippen molar-refractivity contribution in [3.05, 3.63) is 49.6 Å². The molecule has 1 N–H and O–H groups in total. The van der Waals surface area contributed by atoms with E-state index < -0.39 is 0 Å². The molecule has 0 aliphatic rings. The van der Waals surface area contributed by atoms with Gasteiger partial charge in [0.25, 0.3) is 0 Å². The minimum atomic E-state index is 0.273. The fourth-order valence-electron chi connectivity index (χ4n) is 2.28. The van der Waals surface area contributed by atoms with Crippen molar-refractivity contribution in [3.63, 3.8) is 0 Å². The van der Waals surface area contributed by atoms with Gasteiger partial charge in [0.15, 0.2) is 0 Å². The van der Waals surface area contributed by atoms with Crippen molar-refractivity contribution < 1.29 is 0 Å². The van der Waals surface area contributed by atoms with Crippen LogP contribution in [0.15, 0.2) is 34.1 Å². The maximum Gasteiger partial charge on any atom is 0.0519 e. The van der Waals surface area contributed by atoms with Crippen LogP contribution in [0.4, 0.5) is 5.69 Å². The molecular weight excluding hydrogens is 368 g/mol. The summed E-state index contributed by atoms with van der Waals surface area (Å²) < 4.78 is 1.14. The zero-order valence-corrected chi connectivity index (χ0v) is 15.6. The summed E-state index contributed by atoms with van der Waals surface area (Å²) in [6.07, 6.45) is 0. The molecule has 5 heteroatoms. The molecule has 0 fully saturated rings. The summed E-state index contributed by atoms with van der Waals surface area (Å²) in [7, 11) is 2.09. The van der Waals surface area contributed by atoms with Crippen molar-refractivity contribution >= 4 is 44.6 Å². The minimum absolute atomic E-state index is 0.273. The number of benzene rings is 1. The highest BCUT2D eigenvalue weighted by atomic mass is 79.9. The highest BCUT2D eigenvalue weighted by Gasteiger charge is 2.11. The van der Waals surface area contributed by atoms with E-state index in [1.807, 2.05) is 6.07 Å². The third-order valence-electron chi connectivity index (χ3n) is 3.42. The third-order valence-corrected chi connectivity index (χ3v) is 5.43. The summed E-state index contributed by atoms with van der Waals surface area (Å²) in [5.41, 5.74) is 2.28. The van der Waals surface area contributed by atoms with Gasteiger partial charge in [0, 0.05) is 38.5 Å². The molecule has 0 spiro atoms. The van der Waals surface area contributed by atoms with E-state index in [0.29, 0.717) is 0 Å². The van der Waals surface area contributed by atoms with Crippen LogP contribution in [0.3, 0.4) is 0 Å². The molecule has 0 bridgehead atoms. The summed E-state index contributed by atoms with van der Waals surface area (Å²) in [5.74, 6) is 0. The van der Waals surface area contributed by atoms with Crippen molar-refractivity contribution in [2.75, 3.05) is 18.5 Å². The summed E-state index contributed by atoms with van der Waals surface area (Å²) in [6, 6.07) is 8.73. The molecule has 114 valence electrons. The zero-order valence-electron chi connectivity index (χ0n) is 12.5. The highest BCUT2D eigenvalue weighted by Crippen LogP contribution is 2.29. The van der Waals surface area contributed by atoms with Crippen LogP contribution in [-0.2, 0) is 6.54 Å². The van der Waals surface area contributed by atoms with Crippen molar-refractivity contribution in [1.82, 2.24) is 5.32 Å². The van der Waals surface area contributed by atoms with E-state index in [4.69, 9.17) is 11.6 Å². The Kier molecular flexibility index (Phi) is 6.11. The molecule has 2 rings (SSSR count). The lowest BCUT2D eigenvalue weighted by atomic mass is 10.1. The molecule has 0 saturated carbocycles. The number of nitrogens with zero attached hydrogens (tertiary/aromatic N) is 1. The van der Waals surface area contributed by atoms with E-state index >= 15 is 0 Å². The topological polar surface area (TPSA) is 15.3 Å². The SMILES string of the molecule is CCNC(C)c1ccc(N(C)Cc2cc(Br)cs2)cc1Cl. The number of anilines is 1. The average molecular weight is 388 g/mol. The van der Waals surface area contributed by atoms with E-state index in [0.717, 1.165) is 33.8 Å². The molecule has 1 aromatic carbocycles. The molecule has 0 radical (unpaired) electrons. The Morgan fingerprint density at radius 2 is 2.14 bits per heavy atom. The summed E-state index contributed by atoms with van der Waals surface area (Å²) in [6.45, 7) is 6.06. The Morgan fingerprint density at radius 3 is 2.71 bits per heavy atom. The lowest BCUT2D eigenvalue weighted by Crippen LogP contribution is -2.19. The average Bonchev–Trinajstić information content (AvgIpc) is 2.84. The van der Waals surface area contributed by atoms with E-state index in [1.54, 1.807) is 11.3 Å². The van der Waals surface area contributed by atoms with Crippen LogP contribution >= 0.6 is 38.9 Å². The first-order valence-electron chi connectivity index (χ1n) is 6.98. The van der Waals surface area contributed by atoms with Crippen LogP contribution in [0.2, 0.25) is 5.02 Å². The lowest BCUT2D eigenvalue weighted by molar-refractivity contribution is 0.598. The van der Waals surface area contributed by atoms with Gasteiger partial charge in [-0.2, -0.15) is 0 Å². The second-order valence-electron chi connectivity index (χ2n) is 5.07. The normalized spacial score (nSPS) is 12.4. The predicted molar refractivity (Wildman–Crippen MR) is 97.7 cm³/mol. The quantitative estimate of drug-likeness (QED) is 0.707. The molecule has 1 aromatic heterocycles. The fraction of sp³-hybridized carbons (Fsp3) is 0.375. The zero-order chi connectivity index (χ0) is 15.4. The first-order valence-corrected chi connectivity index (χ1v) is 9.03. The molecular formula is C16H20BrClN2S. The first-order chi connectivity index (χ1) is 10.0. The second kappa shape index (κ2) is 7.63. The number of halogens is 2. The second-order valence-corrected chi connectivity index (χ2v) is 7.39. The van der Waals surface area contributed by atoms with Gasteiger partial charge in [-0.05, 0) is 53.2 Å². The minimum Gasteiger partial charge on any atom is -0.369 e. The number of thiophene rings is 1. The first kappa shape index (κ1) is 16.8. The number of hydrogen-bond donors (Lipinski definition) is 1. The summed E-state index contributed by atoms with van der Waals surface area (Å²) in [5, 5.41) is 6.32. The van der Waals surface area contributed by atoms with Crippen LogP contribution in [0.25, 0.3) is 0 Å².